The summed E-state index contributed by atoms with van der Waals surface area (Å²) in [6, 6.07) is 15.8. The van der Waals surface area contributed by atoms with Gasteiger partial charge in [0.1, 0.15) is 12.2 Å². The van der Waals surface area contributed by atoms with Gasteiger partial charge >= 0.3 is 5.92 Å². The van der Waals surface area contributed by atoms with Crippen molar-refractivity contribution in [3.8, 4) is 6.07 Å². The highest BCUT2D eigenvalue weighted by Crippen LogP contribution is 2.24. The second-order valence-corrected chi connectivity index (χ2v) is 6.76. The molecule has 0 heterocycles. The van der Waals surface area contributed by atoms with Crippen LogP contribution in [0.4, 0.5) is 20.2 Å². The lowest BCUT2D eigenvalue weighted by Gasteiger charge is -2.18. The van der Waals surface area contributed by atoms with Crippen LogP contribution in [0.25, 0.3) is 6.08 Å². The molecule has 1 unspecified atom stereocenters. The molecule has 1 atom stereocenters. The molecule has 5 nitrogen and oxygen atoms in total. The van der Waals surface area contributed by atoms with Crippen molar-refractivity contribution in [2.24, 2.45) is 0 Å². The summed E-state index contributed by atoms with van der Waals surface area (Å²) in [5, 5.41) is 21.4. The number of hydrogen-bond acceptors (Lipinski definition) is 5. The van der Waals surface area contributed by atoms with Gasteiger partial charge in [-0.05, 0) is 36.2 Å². The number of aliphatic hydroxyl groups excluding tert-OH is 1. The van der Waals surface area contributed by atoms with E-state index in [1.54, 1.807) is 30.3 Å². The molecule has 2 aromatic rings. The number of hydrogen-bond donors (Lipinski definition) is 2. The number of allylic oxidation sites excluding steroid dienone is 1. The first-order valence-electron chi connectivity index (χ1n) is 9.22. The number of carbonyl (C=O) groups excluding carboxylic acids is 1. The van der Waals surface area contributed by atoms with Gasteiger partial charge in [-0.1, -0.05) is 36.4 Å². The fourth-order valence-corrected chi connectivity index (χ4v) is 2.55. The van der Waals surface area contributed by atoms with E-state index < -0.39 is 17.8 Å². The van der Waals surface area contributed by atoms with E-state index in [0.29, 0.717) is 17.3 Å². The number of aliphatic hydroxyl groups is 1. The van der Waals surface area contributed by atoms with Gasteiger partial charge in [-0.2, -0.15) is 14.0 Å². The lowest BCUT2D eigenvalue weighted by Crippen LogP contribution is -2.40. The average Bonchev–Trinajstić information content (AvgIpc) is 2.74. The lowest BCUT2D eigenvalue weighted by atomic mass is 10.0. The molecule has 0 aliphatic carbocycles. The highest BCUT2D eigenvalue weighted by atomic mass is 19.3. The fourth-order valence-electron chi connectivity index (χ4n) is 2.55. The predicted molar refractivity (Wildman–Crippen MR) is 114 cm³/mol. The van der Waals surface area contributed by atoms with Crippen molar-refractivity contribution < 1.29 is 18.7 Å². The molecule has 0 fully saturated rings. The first-order chi connectivity index (χ1) is 14.3. The van der Waals surface area contributed by atoms with E-state index >= 15 is 0 Å². The van der Waals surface area contributed by atoms with Crippen LogP contribution < -0.4 is 10.2 Å². The minimum Gasteiger partial charge on any atom is -0.386 e. The second kappa shape index (κ2) is 10.3. The number of benzene rings is 2. The first kappa shape index (κ1) is 22.8. The van der Waals surface area contributed by atoms with Gasteiger partial charge in [0.2, 0.25) is 5.78 Å². The van der Waals surface area contributed by atoms with Crippen LogP contribution in [0.2, 0.25) is 0 Å². The normalized spacial score (nSPS) is 12.7. The summed E-state index contributed by atoms with van der Waals surface area (Å²) < 4.78 is 28.4. The van der Waals surface area contributed by atoms with E-state index in [1.165, 1.54) is 6.08 Å². The molecule has 0 saturated heterocycles. The number of anilines is 2. The first-order valence-corrected chi connectivity index (χ1v) is 9.22. The Kier molecular flexibility index (Phi) is 7.84. The Hall–Kier alpha value is -3.50. The van der Waals surface area contributed by atoms with Crippen LogP contribution in [0.5, 0.6) is 0 Å². The average molecular weight is 411 g/mol. The molecule has 2 N–H and O–H groups in total. The number of alkyl halides is 2. The zero-order valence-corrected chi connectivity index (χ0v) is 16.7. The molecule has 0 bridgehead atoms. The van der Waals surface area contributed by atoms with Crippen molar-refractivity contribution in [1.29, 1.82) is 5.26 Å². The summed E-state index contributed by atoms with van der Waals surface area (Å²) in [5.74, 6) is -5.47. The van der Waals surface area contributed by atoms with Crippen LogP contribution in [0, 0.1) is 11.3 Å². The maximum atomic E-state index is 14.2. The number of nitriles is 1. The largest absolute Gasteiger partial charge is 0.386 e. The number of nitrogens with zero attached hydrogens (tertiary/aromatic N) is 2. The van der Waals surface area contributed by atoms with E-state index in [9.17, 15) is 18.7 Å². The lowest BCUT2D eigenvalue weighted by molar-refractivity contribution is -0.154. The Balaban J connectivity index is 1.94. The van der Waals surface area contributed by atoms with Crippen LogP contribution in [-0.4, -0.2) is 37.0 Å². The summed E-state index contributed by atoms with van der Waals surface area (Å²) in [6.45, 7) is 0. The van der Waals surface area contributed by atoms with Crippen LogP contribution in [-0.2, 0) is 4.79 Å². The van der Waals surface area contributed by atoms with E-state index in [-0.39, 0.29) is 6.42 Å². The third kappa shape index (κ3) is 6.00. The molecule has 2 rings (SSSR count). The molecule has 0 aliphatic heterocycles. The van der Waals surface area contributed by atoms with Gasteiger partial charge in [-0.15, -0.1) is 0 Å². The van der Waals surface area contributed by atoms with Crippen LogP contribution in [0.1, 0.15) is 17.5 Å². The van der Waals surface area contributed by atoms with E-state index in [0.717, 1.165) is 17.5 Å². The summed E-state index contributed by atoms with van der Waals surface area (Å²) in [7, 11) is 3.82. The topological polar surface area (TPSA) is 76.4 Å². The minimum absolute atomic E-state index is 0.310. The fraction of sp³-hybridized carbons (Fsp3) is 0.217. The molecule has 2 aromatic carbocycles. The molecule has 7 heteroatoms. The highest BCUT2D eigenvalue weighted by molar-refractivity contribution is 5.96. The number of nitrogens with one attached hydrogen (secondary N) is 1. The molecule has 0 aromatic heterocycles. The second-order valence-electron chi connectivity index (χ2n) is 6.76. The summed E-state index contributed by atoms with van der Waals surface area (Å²) in [6.07, 6.45) is 2.16. The van der Waals surface area contributed by atoms with E-state index in [4.69, 9.17) is 5.26 Å². The molecule has 156 valence electrons. The minimum atomic E-state index is -3.94. The standard InChI is InChI=1S/C23H23F2N3O2/c1-28(2)19-12-10-17(11-13-19)6-5-9-21(29)23(24,25)22(30)14-15-27-20-8-4-3-7-18(20)16-26/h3-8,10-15,21,27,29H,9H2,1-2H3/b6-5+,15-14-. The van der Waals surface area contributed by atoms with Gasteiger partial charge < -0.3 is 15.3 Å². The smallest absolute Gasteiger partial charge is 0.334 e. The monoisotopic (exact) mass is 411 g/mol. The van der Waals surface area contributed by atoms with Crippen molar-refractivity contribution in [3.63, 3.8) is 0 Å². The quantitative estimate of drug-likeness (QED) is 0.605. The molecular weight excluding hydrogens is 388 g/mol. The van der Waals surface area contributed by atoms with Crippen LogP contribution >= 0.6 is 0 Å². The summed E-state index contributed by atoms with van der Waals surface area (Å²) in [5.41, 5.74) is 2.49. The third-order valence-electron chi connectivity index (χ3n) is 4.35. The molecule has 30 heavy (non-hydrogen) atoms. The summed E-state index contributed by atoms with van der Waals surface area (Å²) >= 11 is 0. The molecule has 0 aliphatic rings. The number of rotatable bonds is 9. The van der Waals surface area contributed by atoms with E-state index in [1.807, 2.05) is 49.3 Å². The van der Waals surface area contributed by atoms with Gasteiger partial charge in [0.25, 0.3) is 0 Å². The van der Waals surface area contributed by atoms with Gasteiger partial charge in [0.15, 0.2) is 0 Å². The Morgan fingerprint density at radius 3 is 2.53 bits per heavy atom. The maximum Gasteiger partial charge on any atom is 0.334 e. The van der Waals surface area contributed by atoms with Crippen LogP contribution in [0.15, 0.2) is 66.9 Å². The Labute approximate surface area is 174 Å². The SMILES string of the molecule is CN(C)c1ccc(/C=C/CC(O)C(F)(F)C(=O)/C=C\Nc2ccccc2C#N)cc1. The zero-order chi connectivity index (χ0) is 22.1. The molecule has 0 amide bonds. The van der Waals surface area contributed by atoms with Gasteiger partial charge in [-0.3, -0.25) is 4.79 Å². The van der Waals surface area contributed by atoms with Crippen LogP contribution in [0.3, 0.4) is 0 Å². The van der Waals surface area contributed by atoms with Crippen molar-refractivity contribution in [3.05, 3.63) is 78.0 Å². The Morgan fingerprint density at radius 1 is 1.23 bits per heavy atom. The van der Waals surface area contributed by atoms with Crippen molar-refractivity contribution >= 4 is 23.2 Å². The molecule has 0 radical (unpaired) electrons. The number of halogens is 2. The van der Waals surface area contributed by atoms with Gasteiger partial charge in [0.05, 0.1) is 11.3 Å². The summed E-state index contributed by atoms with van der Waals surface area (Å²) in [4.78, 5) is 13.8. The van der Waals surface area contributed by atoms with Crippen molar-refractivity contribution in [2.45, 2.75) is 18.4 Å². The Bertz CT molecular complexity index is 961. The molecule has 0 saturated carbocycles. The molecular formula is C23H23F2N3O2. The van der Waals surface area contributed by atoms with Crippen molar-refractivity contribution in [2.75, 3.05) is 24.3 Å². The van der Waals surface area contributed by atoms with Crippen molar-refractivity contribution in [1.82, 2.24) is 0 Å². The maximum absolute atomic E-state index is 14.2. The Morgan fingerprint density at radius 2 is 1.90 bits per heavy atom. The number of carbonyl (C=O) groups is 1. The highest BCUT2D eigenvalue weighted by Gasteiger charge is 2.44. The van der Waals surface area contributed by atoms with E-state index in [2.05, 4.69) is 5.32 Å². The van der Waals surface area contributed by atoms with Gasteiger partial charge in [-0.25, -0.2) is 0 Å². The predicted octanol–water partition coefficient (Wildman–Crippen LogP) is 4.22. The molecule has 0 spiro atoms. The van der Waals surface area contributed by atoms with Gasteiger partial charge in [0, 0.05) is 32.1 Å². The number of ketones is 1. The third-order valence-corrected chi connectivity index (χ3v) is 4.35. The zero-order valence-electron chi connectivity index (χ0n) is 16.7. The number of para-hydroxylation sites is 1.